The predicted octanol–water partition coefficient (Wildman–Crippen LogP) is 4.05. The summed E-state index contributed by atoms with van der Waals surface area (Å²) >= 11 is 1.43. The van der Waals surface area contributed by atoms with Crippen LogP contribution in [0, 0.1) is 12.7 Å². The number of carbonyl (C=O) groups is 3. The largest absolute Gasteiger partial charge is 0.462 e. The van der Waals surface area contributed by atoms with E-state index in [1.54, 1.807) is 43.0 Å². The number of ether oxygens (including phenoxy) is 1. The molecule has 0 bridgehead atoms. The third-order valence-electron chi connectivity index (χ3n) is 4.52. The molecule has 0 saturated carbocycles. The van der Waals surface area contributed by atoms with Crippen molar-refractivity contribution in [2.45, 2.75) is 26.1 Å². The average molecular weight is 416 g/mol. The molecule has 3 rings (SSSR count). The zero-order valence-corrected chi connectivity index (χ0v) is 17.1. The maximum absolute atomic E-state index is 13.3. The van der Waals surface area contributed by atoms with Gasteiger partial charge in [-0.1, -0.05) is 12.1 Å². The third kappa shape index (κ3) is 4.27. The minimum absolute atomic E-state index is 0.106. The fourth-order valence-electron chi connectivity index (χ4n) is 3.24. The summed E-state index contributed by atoms with van der Waals surface area (Å²) in [5, 5.41) is 2.35. The van der Waals surface area contributed by atoms with Gasteiger partial charge < -0.3 is 10.1 Å². The van der Waals surface area contributed by atoms with Crippen LogP contribution < -0.4 is 10.2 Å². The summed E-state index contributed by atoms with van der Waals surface area (Å²) in [7, 11) is 0. The molecule has 1 heterocycles. The van der Waals surface area contributed by atoms with Crippen molar-refractivity contribution >= 4 is 40.9 Å². The molecule has 0 radical (unpaired) electrons. The summed E-state index contributed by atoms with van der Waals surface area (Å²) in [4.78, 5) is 38.4. The number of carbonyl (C=O) groups excluding carboxylic acids is 3. The monoisotopic (exact) mass is 416 g/mol. The highest BCUT2D eigenvalue weighted by atomic mass is 32.2. The Hall–Kier alpha value is -2.87. The summed E-state index contributed by atoms with van der Waals surface area (Å²) in [5.74, 6) is -1.07. The molecule has 1 aliphatic heterocycles. The van der Waals surface area contributed by atoms with E-state index in [4.69, 9.17) is 4.74 Å². The van der Waals surface area contributed by atoms with Gasteiger partial charge in [0.1, 0.15) is 11.2 Å². The van der Waals surface area contributed by atoms with Crippen LogP contribution in [0.5, 0.6) is 0 Å². The number of amides is 2. The van der Waals surface area contributed by atoms with E-state index in [-0.39, 0.29) is 40.9 Å². The quantitative estimate of drug-likeness (QED) is 0.745. The molecular weight excluding hydrogens is 395 g/mol. The normalized spacial score (nSPS) is 16.1. The summed E-state index contributed by atoms with van der Waals surface area (Å²) in [6.07, 6.45) is 0. The summed E-state index contributed by atoms with van der Waals surface area (Å²) in [6, 6.07) is 9.23. The van der Waals surface area contributed by atoms with E-state index in [2.05, 4.69) is 5.32 Å². The molecule has 0 aromatic heterocycles. The Kier molecular flexibility index (Phi) is 6.22. The van der Waals surface area contributed by atoms with Gasteiger partial charge in [-0.05, 0) is 49.2 Å². The maximum atomic E-state index is 13.3. The van der Waals surface area contributed by atoms with Crippen LogP contribution in [0.3, 0.4) is 0 Å². The van der Waals surface area contributed by atoms with Gasteiger partial charge in [-0.25, -0.2) is 9.18 Å². The van der Waals surface area contributed by atoms with Crippen LogP contribution in [0.2, 0.25) is 0 Å². The predicted molar refractivity (Wildman–Crippen MR) is 111 cm³/mol. The van der Waals surface area contributed by atoms with Gasteiger partial charge in [0.2, 0.25) is 11.8 Å². The summed E-state index contributed by atoms with van der Waals surface area (Å²) < 4.78 is 18.4. The van der Waals surface area contributed by atoms with Gasteiger partial charge >= 0.3 is 5.97 Å². The molecule has 1 N–H and O–H groups in total. The number of hydrogen-bond donors (Lipinski definition) is 1. The molecule has 0 spiro atoms. The number of nitrogens with zero attached hydrogens (tertiary/aromatic N) is 1. The van der Waals surface area contributed by atoms with Gasteiger partial charge in [0, 0.05) is 6.92 Å². The molecule has 2 aromatic carbocycles. The fourth-order valence-corrected chi connectivity index (χ4v) is 4.41. The van der Waals surface area contributed by atoms with Crippen LogP contribution in [-0.2, 0) is 14.3 Å². The average Bonchev–Trinajstić information content (AvgIpc) is 3.05. The smallest absolute Gasteiger partial charge is 0.340 e. The number of benzene rings is 2. The topological polar surface area (TPSA) is 75.7 Å². The van der Waals surface area contributed by atoms with Gasteiger partial charge in [0.25, 0.3) is 0 Å². The van der Waals surface area contributed by atoms with Crippen LogP contribution in [0.1, 0.15) is 40.7 Å². The first-order valence-electron chi connectivity index (χ1n) is 9.11. The van der Waals surface area contributed by atoms with Crippen molar-refractivity contribution in [3.63, 3.8) is 0 Å². The van der Waals surface area contributed by atoms with Gasteiger partial charge in [0.15, 0.2) is 0 Å². The second-order valence-corrected chi connectivity index (χ2v) is 7.58. The SMILES string of the molecule is CCOC(=O)c1ccc(N2C(=O)CSC2c2ccc(F)cc2)c(C)c1NC(C)=O. The Bertz CT molecular complexity index is 962. The van der Waals surface area contributed by atoms with Crippen LogP contribution in [0.4, 0.5) is 15.8 Å². The molecule has 6 nitrogen and oxygen atoms in total. The molecule has 2 amide bonds. The number of halogens is 1. The number of nitrogens with one attached hydrogen (secondary N) is 1. The number of anilines is 2. The van der Waals surface area contributed by atoms with Gasteiger partial charge in [-0.2, -0.15) is 0 Å². The summed E-state index contributed by atoms with van der Waals surface area (Å²) in [6.45, 7) is 4.98. The van der Waals surface area contributed by atoms with E-state index in [0.717, 1.165) is 5.56 Å². The van der Waals surface area contributed by atoms with E-state index >= 15 is 0 Å². The molecule has 1 unspecified atom stereocenters. The molecule has 152 valence electrons. The lowest BCUT2D eigenvalue weighted by Gasteiger charge is -2.27. The maximum Gasteiger partial charge on any atom is 0.340 e. The second-order valence-electron chi connectivity index (χ2n) is 6.51. The van der Waals surface area contributed by atoms with Crippen molar-refractivity contribution in [2.75, 3.05) is 22.6 Å². The molecule has 1 aliphatic rings. The lowest BCUT2D eigenvalue weighted by atomic mass is 10.0. The highest BCUT2D eigenvalue weighted by molar-refractivity contribution is 8.00. The zero-order chi connectivity index (χ0) is 21.1. The molecular formula is C21H21FN2O4S. The van der Waals surface area contributed by atoms with E-state index in [1.807, 2.05) is 0 Å². The van der Waals surface area contributed by atoms with Crippen molar-refractivity contribution in [2.24, 2.45) is 0 Å². The standard InChI is InChI=1S/C21H21FN2O4S/c1-4-28-21(27)16-9-10-17(12(2)19(16)23-13(3)25)24-18(26)11-29-20(24)14-5-7-15(22)8-6-14/h5-10,20H,4,11H2,1-3H3,(H,23,25). The molecule has 0 aliphatic carbocycles. The van der Waals surface area contributed by atoms with Gasteiger partial charge in [-0.15, -0.1) is 11.8 Å². The third-order valence-corrected chi connectivity index (χ3v) is 5.73. The van der Waals surface area contributed by atoms with E-state index < -0.39 is 5.97 Å². The molecule has 1 atom stereocenters. The minimum Gasteiger partial charge on any atom is -0.462 e. The van der Waals surface area contributed by atoms with Gasteiger partial charge in [-0.3, -0.25) is 14.5 Å². The zero-order valence-electron chi connectivity index (χ0n) is 16.3. The van der Waals surface area contributed by atoms with Crippen LogP contribution in [-0.4, -0.2) is 30.1 Å². The molecule has 29 heavy (non-hydrogen) atoms. The highest BCUT2D eigenvalue weighted by Crippen LogP contribution is 2.44. The van der Waals surface area contributed by atoms with Crippen LogP contribution in [0.25, 0.3) is 0 Å². The second kappa shape index (κ2) is 8.65. The van der Waals surface area contributed by atoms with Crippen LogP contribution in [0.15, 0.2) is 36.4 Å². The van der Waals surface area contributed by atoms with Crippen molar-refractivity contribution in [3.05, 3.63) is 58.9 Å². The van der Waals surface area contributed by atoms with E-state index in [0.29, 0.717) is 16.9 Å². The van der Waals surface area contributed by atoms with E-state index in [9.17, 15) is 18.8 Å². The number of esters is 1. The van der Waals surface area contributed by atoms with Crippen LogP contribution >= 0.6 is 11.8 Å². The van der Waals surface area contributed by atoms with Crippen molar-refractivity contribution in [1.29, 1.82) is 0 Å². The fraction of sp³-hybridized carbons (Fsp3) is 0.286. The molecule has 1 fully saturated rings. The minimum atomic E-state index is -0.553. The van der Waals surface area contributed by atoms with Crippen molar-refractivity contribution < 1.29 is 23.5 Å². The van der Waals surface area contributed by atoms with E-state index in [1.165, 1.54) is 30.8 Å². The first-order valence-corrected chi connectivity index (χ1v) is 10.2. The Morgan fingerprint density at radius 2 is 1.93 bits per heavy atom. The highest BCUT2D eigenvalue weighted by Gasteiger charge is 2.36. The lowest BCUT2D eigenvalue weighted by molar-refractivity contribution is -0.116. The number of hydrogen-bond acceptors (Lipinski definition) is 5. The number of thioether (sulfide) groups is 1. The Morgan fingerprint density at radius 1 is 1.24 bits per heavy atom. The molecule has 8 heteroatoms. The van der Waals surface area contributed by atoms with Crippen molar-refractivity contribution in [3.8, 4) is 0 Å². The first-order chi connectivity index (χ1) is 13.8. The summed E-state index contributed by atoms with van der Waals surface area (Å²) in [5.41, 5.74) is 2.48. The molecule has 2 aromatic rings. The lowest BCUT2D eigenvalue weighted by Crippen LogP contribution is -2.29. The Morgan fingerprint density at radius 3 is 2.55 bits per heavy atom. The Balaban J connectivity index is 2.08. The molecule has 1 saturated heterocycles. The van der Waals surface area contributed by atoms with Gasteiger partial charge in [0.05, 0.1) is 29.3 Å². The Labute approximate surface area is 172 Å². The first kappa shape index (κ1) is 20.9. The number of rotatable bonds is 5. The van der Waals surface area contributed by atoms with Crippen molar-refractivity contribution in [1.82, 2.24) is 0 Å².